The van der Waals surface area contributed by atoms with E-state index in [-0.39, 0.29) is 12.0 Å². The zero-order valence-electron chi connectivity index (χ0n) is 26.9. The van der Waals surface area contributed by atoms with Crippen LogP contribution in [0.2, 0.25) is 0 Å². The summed E-state index contributed by atoms with van der Waals surface area (Å²) >= 11 is 0. The van der Waals surface area contributed by atoms with Crippen LogP contribution in [0.3, 0.4) is 0 Å². The maximum Gasteiger partial charge on any atom is 0.314 e. The van der Waals surface area contributed by atoms with Crippen molar-refractivity contribution in [2.75, 3.05) is 18.6 Å². The second-order valence-corrected chi connectivity index (χ2v) is 13.3. The summed E-state index contributed by atoms with van der Waals surface area (Å²) in [7, 11) is 1.69. The molecular formula is C40H41NO6. The van der Waals surface area contributed by atoms with Crippen LogP contribution < -0.4 is 19.1 Å². The minimum Gasteiger partial charge on any atom is -0.494 e. The highest BCUT2D eigenvalue weighted by Crippen LogP contribution is 2.58. The lowest BCUT2D eigenvalue weighted by molar-refractivity contribution is -0.142. The normalized spacial score (nSPS) is 29.5. The molecule has 7 nitrogen and oxygen atoms in total. The van der Waals surface area contributed by atoms with Crippen LogP contribution in [0, 0.1) is 17.8 Å². The van der Waals surface area contributed by atoms with Crippen molar-refractivity contribution < 1.29 is 28.8 Å². The van der Waals surface area contributed by atoms with Crippen molar-refractivity contribution in [2.45, 2.75) is 63.3 Å². The summed E-state index contributed by atoms with van der Waals surface area (Å²) in [6, 6.07) is 12.4. The van der Waals surface area contributed by atoms with Gasteiger partial charge >= 0.3 is 5.97 Å². The van der Waals surface area contributed by atoms with Gasteiger partial charge in [-0.3, -0.25) is 4.79 Å². The first-order valence-electron chi connectivity index (χ1n) is 16.9. The van der Waals surface area contributed by atoms with Gasteiger partial charge in [0.25, 0.3) is 0 Å². The van der Waals surface area contributed by atoms with Crippen molar-refractivity contribution in [1.29, 1.82) is 0 Å². The molecule has 2 aromatic carbocycles. The molecule has 8 rings (SSSR count). The number of anilines is 1. The first kappa shape index (κ1) is 29.7. The van der Waals surface area contributed by atoms with E-state index >= 15 is 0 Å². The highest BCUT2D eigenvalue weighted by atomic mass is 16.5. The summed E-state index contributed by atoms with van der Waals surface area (Å²) in [5, 5.41) is 9.79. The molecule has 2 aliphatic heterocycles. The molecule has 242 valence electrons. The van der Waals surface area contributed by atoms with Gasteiger partial charge in [0, 0.05) is 41.1 Å². The summed E-state index contributed by atoms with van der Waals surface area (Å²) in [6.07, 6.45) is 22.9. The first-order valence-corrected chi connectivity index (χ1v) is 16.9. The molecule has 7 unspecified atom stereocenters. The molecule has 2 aromatic rings. The molecule has 1 saturated carbocycles. The van der Waals surface area contributed by atoms with Gasteiger partial charge in [-0.2, -0.15) is 0 Å². The van der Waals surface area contributed by atoms with E-state index in [0.29, 0.717) is 36.8 Å². The third kappa shape index (κ3) is 5.35. The van der Waals surface area contributed by atoms with Crippen LogP contribution in [-0.2, 0) is 16.1 Å². The predicted octanol–water partition coefficient (Wildman–Crippen LogP) is 7.67. The highest BCUT2D eigenvalue weighted by Gasteiger charge is 2.60. The van der Waals surface area contributed by atoms with Crippen molar-refractivity contribution in [1.82, 2.24) is 0 Å². The number of fused-ring (bicyclic) bond motifs is 4. The van der Waals surface area contributed by atoms with Crippen LogP contribution in [-0.4, -0.2) is 43.0 Å². The summed E-state index contributed by atoms with van der Waals surface area (Å²) in [4.78, 5) is 14.3. The molecule has 1 N–H and O–H groups in total. The van der Waals surface area contributed by atoms with E-state index in [9.17, 15) is 9.90 Å². The van der Waals surface area contributed by atoms with Gasteiger partial charge in [0.15, 0.2) is 11.5 Å². The molecule has 0 spiro atoms. The maximum absolute atomic E-state index is 11.9. The Labute approximate surface area is 276 Å². The van der Waals surface area contributed by atoms with Crippen molar-refractivity contribution in [2.24, 2.45) is 17.8 Å². The predicted molar refractivity (Wildman–Crippen MR) is 181 cm³/mol. The molecule has 7 heteroatoms. The number of methoxy groups -OCH3 is 1. The van der Waals surface area contributed by atoms with Gasteiger partial charge in [-0.05, 0) is 68.5 Å². The van der Waals surface area contributed by atoms with Crippen LogP contribution >= 0.6 is 0 Å². The zero-order valence-corrected chi connectivity index (χ0v) is 26.9. The third-order valence-electron chi connectivity index (χ3n) is 10.6. The largest absolute Gasteiger partial charge is 0.494 e. The zero-order chi connectivity index (χ0) is 32.1. The number of benzene rings is 2. The number of aliphatic carboxylic acids is 1. The van der Waals surface area contributed by atoms with Crippen molar-refractivity contribution in [3.8, 4) is 17.2 Å². The van der Waals surface area contributed by atoms with Gasteiger partial charge in [0.2, 0.25) is 0 Å². The van der Waals surface area contributed by atoms with Crippen molar-refractivity contribution in [3.05, 3.63) is 119 Å². The lowest BCUT2D eigenvalue weighted by Gasteiger charge is -2.29. The number of ether oxygens (including phenoxy) is 4. The second-order valence-electron chi connectivity index (χ2n) is 13.3. The number of rotatable bonds is 10. The average Bonchev–Trinajstić information content (AvgIpc) is 3.56. The Bertz CT molecular complexity index is 1760. The Morgan fingerprint density at radius 1 is 0.979 bits per heavy atom. The molecular weight excluding hydrogens is 590 g/mol. The SMILES string of the molecule is COc1cc(CN2c3cccc(OC4C=CC=CC4C(=O)O)c3C3C=CC=CC32)ccc1OCC1=C(C)OC2C(C3=CCCCC3)C12. The van der Waals surface area contributed by atoms with Crippen LogP contribution in [0.4, 0.5) is 5.69 Å². The molecule has 0 amide bonds. The quantitative estimate of drug-likeness (QED) is 0.270. The molecule has 0 saturated heterocycles. The van der Waals surface area contributed by atoms with Crippen LogP contribution in [0.5, 0.6) is 17.2 Å². The lowest BCUT2D eigenvalue weighted by atomic mass is 9.90. The number of carboxylic acids is 1. The summed E-state index contributed by atoms with van der Waals surface area (Å²) in [5.41, 5.74) is 6.13. The maximum atomic E-state index is 11.9. The summed E-state index contributed by atoms with van der Waals surface area (Å²) < 4.78 is 25.0. The number of allylic oxidation sites excluding steroid dienone is 6. The molecule has 6 aliphatic rings. The fraction of sp³-hybridized carbons (Fsp3) is 0.375. The van der Waals surface area contributed by atoms with E-state index in [1.54, 1.807) is 24.8 Å². The van der Waals surface area contributed by atoms with Crippen molar-refractivity contribution >= 4 is 11.7 Å². The van der Waals surface area contributed by atoms with E-state index in [1.807, 2.05) is 30.4 Å². The highest BCUT2D eigenvalue weighted by molar-refractivity contribution is 5.74. The summed E-state index contributed by atoms with van der Waals surface area (Å²) in [6.45, 7) is 3.23. The van der Waals surface area contributed by atoms with E-state index in [1.165, 1.54) is 31.3 Å². The summed E-state index contributed by atoms with van der Waals surface area (Å²) in [5.74, 6) is 2.60. The fourth-order valence-electron chi connectivity index (χ4n) is 8.25. The molecule has 0 bridgehead atoms. The van der Waals surface area contributed by atoms with E-state index in [2.05, 4.69) is 60.4 Å². The fourth-order valence-corrected chi connectivity index (χ4v) is 8.25. The molecule has 2 heterocycles. The minimum atomic E-state index is -0.897. The molecule has 47 heavy (non-hydrogen) atoms. The van der Waals surface area contributed by atoms with Gasteiger partial charge in [0.1, 0.15) is 30.5 Å². The second kappa shape index (κ2) is 12.2. The van der Waals surface area contributed by atoms with E-state index in [4.69, 9.17) is 18.9 Å². The molecule has 0 aromatic heterocycles. The smallest absolute Gasteiger partial charge is 0.314 e. The lowest BCUT2D eigenvalue weighted by Crippen LogP contribution is -2.32. The van der Waals surface area contributed by atoms with E-state index in [0.717, 1.165) is 34.1 Å². The van der Waals surface area contributed by atoms with Gasteiger partial charge < -0.3 is 29.0 Å². The van der Waals surface area contributed by atoms with Crippen LogP contribution in [0.25, 0.3) is 0 Å². The Hall–Kier alpha value is -4.65. The third-order valence-corrected chi connectivity index (χ3v) is 10.6. The number of carboxylic acid groups (broad SMARTS) is 1. The van der Waals surface area contributed by atoms with E-state index < -0.39 is 18.0 Å². The number of carbonyl (C=O) groups is 1. The van der Waals surface area contributed by atoms with Gasteiger partial charge in [-0.1, -0.05) is 66.3 Å². The first-order chi connectivity index (χ1) is 23.0. The monoisotopic (exact) mass is 631 g/mol. The molecule has 0 radical (unpaired) electrons. The van der Waals surface area contributed by atoms with Crippen molar-refractivity contribution in [3.63, 3.8) is 0 Å². The standard InChI is InChI=1S/C40H41NO6/c1-24-29(38-36(39(38)46-24)26-11-4-3-5-12-26)23-45-33-20-19-25(21-35(33)44-2)22-41-30-15-8-6-13-27(30)37-31(41)16-10-18-34(37)47-32-17-9-7-14-28(32)40(42)43/h6-11,13-21,27-28,30,32,36,38-39H,3-5,12,22-23H2,1-2H3,(H,42,43). The number of hydrogen-bond donors (Lipinski definition) is 1. The molecule has 7 atom stereocenters. The average molecular weight is 632 g/mol. The number of nitrogens with zero attached hydrogens (tertiary/aromatic N) is 1. The Balaban J connectivity index is 1.00. The Morgan fingerprint density at radius 3 is 2.66 bits per heavy atom. The molecule has 1 fully saturated rings. The Morgan fingerprint density at radius 2 is 1.83 bits per heavy atom. The minimum absolute atomic E-state index is 0.0895. The van der Waals surface area contributed by atoms with Crippen LogP contribution in [0.1, 0.15) is 49.7 Å². The van der Waals surface area contributed by atoms with Gasteiger partial charge in [0.05, 0.1) is 18.9 Å². The Kier molecular flexibility index (Phi) is 7.70. The number of hydrogen-bond acceptors (Lipinski definition) is 6. The van der Waals surface area contributed by atoms with Gasteiger partial charge in [-0.25, -0.2) is 0 Å². The van der Waals surface area contributed by atoms with Gasteiger partial charge in [-0.15, -0.1) is 0 Å². The topological polar surface area (TPSA) is 77.5 Å². The van der Waals surface area contributed by atoms with Crippen LogP contribution in [0.15, 0.2) is 108 Å². The molecule has 4 aliphatic carbocycles.